The van der Waals surface area contributed by atoms with Gasteiger partial charge in [0.05, 0.1) is 6.61 Å². The average Bonchev–Trinajstić information content (AvgIpc) is 2.70. The summed E-state index contributed by atoms with van der Waals surface area (Å²) in [5, 5.41) is 3.56. The third-order valence-electron chi connectivity index (χ3n) is 5.28. The molecule has 0 radical (unpaired) electrons. The highest BCUT2D eigenvalue weighted by Crippen LogP contribution is 2.44. The van der Waals surface area contributed by atoms with E-state index in [1.165, 1.54) is 0 Å². The minimum Gasteiger partial charge on any atom is -0.376 e. The van der Waals surface area contributed by atoms with Crippen molar-refractivity contribution >= 4 is 5.78 Å². The minimum absolute atomic E-state index is 0.0261. The lowest BCUT2D eigenvalue weighted by Crippen LogP contribution is -2.31. The number of aromatic nitrogens is 1. The van der Waals surface area contributed by atoms with E-state index in [1.807, 2.05) is 19.2 Å². The topological polar surface area (TPSA) is 51.2 Å². The number of carbonyl (C=O) groups excluding carboxylic acids is 1. The number of ether oxygens (including phenoxy) is 1. The van der Waals surface area contributed by atoms with Gasteiger partial charge in [-0.25, -0.2) is 0 Å². The van der Waals surface area contributed by atoms with E-state index < -0.39 is 0 Å². The van der Waals surface area contributed by atoms with E-state index in [0.29, 0.717) is 19.6 Å². The molecule has 1 unspecified atom stereocenters. The van der Waals surface area contributed by atoms with Gasteiger partial charge in [0.25, 0.3) is 0 Å². The van der Waals surface area contributed by atoms with Gasteiger partial charge >= 0.3 is 0 Å². The molecule has 0 saturated heterocycles. The molecule has 0 saturated carbocycles. The molecule has 1 atom stereocenters. The van der Waals surface area contributed by atoms with Gasteiger partial charge in [0.15, 0.2) is 5.78 Å². The van der Waals surface area contributed by atoms with E-state index in [9.17, 15) is 4.79 Å². The number of nitrogens with zero attached hydrogens (tertiary/aromatic N) is 1. The Bertz CT molecular complexity index is 717. The average molecular weight is 340 g/mol. The molecular formula is C21H28N2O2. The number of carbonyl (C=O) groups is 1. The molecule has 1 aromatic heterocycles. The van der Waals surface area contributed by atoms with Gasteiger partial charge < -0.3 is 10.1 Å². The second kappa shape index (κ2) is 7.12. The zero-order chi connectivity index (χ0) is 18.0. The van der Waals surface area contributed by atoms with Crippen LogP contribution in [0.25, 0.3) is 0 Å². The van der Waals surface area contributed by atoms with Crippen LogP contribution in [0.15, 0.2) is 47.1 Å². The first-order chi connectivity index (χ1) is 11.9. The standard InChI is InChI=1S/C21H28N2O2/c1-5-25-13-17-14(2)19(15-7-6-10-22-12-15)20-16(23-17)11-21(3,4)9-8-18(20)24/h6-7,10,12,19,23H,5,8-9,11,13H2,1-4H3. The third-order valence-corrected chi connectivity index (χ3v) is 5.28. The highest BCUT2D eigenvalue weighted by molar-refractivity contribution is 5.99. The van der Waals surface area contributed by atoms with E-state index in [1.54, 1.807) is 6.20 Å². The van der Waals surface area contributed by atoms with E-state index in [-0.39, 0.29) is 17.1 Å². The molecule has 3 rings (SSSR count). The van der Waals surface area contributed by atoms with Crippen molar-refractivity contribution in [3.8, 4) is 0 Å². The van der Waals surface area contributed by atoms with Gasteiger partial charge in [-0.2, -0.15) is 0 Å². The molecule has 0 spiro atoms. The van der Waals surface area contributed by atoms with Crippen LogP contribution in [0.2, 0.25) is 0 Å². The fraction of sp³-hybridized carbons (Fsp3) is 0.524. The van der Waals surface area contributed by atoms with Gasteiger partial charge in [0, 0.05) is 48.3 Å². The van der Waals surface area contributed by atoms with Gasteiger partial charge in [-0.3, -0.25) is 9.78 Å². The van der Waals surface area contributed by atoms with E-state index in [2.05, 4.69) is 37.1 Å². The molecule has 1 aliphatic heterocycles. The van der Waals surface area contributed by atoms with Crippen LogP contribution in [0, 0.1) is 5.41 Å². The van der Waals surface area contributed by atoms with Gasteiger partial charge in [0.2, 0.25) is 0 Å². The molecule has 1 N–H and O–H groups in total. The molecule has 0 bridgehead atoms. The second-order valence-corrected chi connectivity index (χ2v) is 7.80. The summed E-state index contributed by atoms with van der Waals surface area (Å²) in [6.07, 6.45) is 6.07. The summed E-state index contributed by atoms with van der Waals surface area (Å²) in [4.78, 5) is 17.3. The van der Waals surface area contributed by atoms with Crippen LogP contribution in [-0.2, 0) is 9.53 Å². The lowest BCUT2D eigenvalue weighted by atomic mass is 9.78. The third kappa shape index (κ3) is 3.69. The summed E-state index contributed by atoms with van der Waals surface area (Å²) >= 11 is 0. The molecule has 0 aromatic carbocycles. The van der Waals surface area contributed by atoms with Gasteiger partial charge in [0.1, 0.15) is 0 Å². The van der Waals surface area contributed by atoms with Crippen LogP contribution >= 0.6 is 0 Å². The Kier molecular flexibility index (Phi) is 5.09. The lowest BCUT2D eigenvalue weighted by Gasteiger charge is -2.33. The number of Topliss-reactive ketones (excluding diaryl/α,β-unsaturated/α-hetero) is 1. The molecule has 134 valence electrons. The van der Waals surface area contributed by atoms with Crippen molar-refractivity contribution in [1.29, 1.82) is 0 Å². The Morgan fingerprint density at radius 2 is 2.20 bits per heavy atom. The molecule has 2 heterocycles. The van der Waals surface area contributed by atoms with Gasteiger partial charge in [-0.05, 0) is 49.3 Å². The molecule has 0 fully saturated rings. The minimum atomic E-state index is -0.0261. The van der Waals surface area contributed by atoms with Crippen LogP contribution in [0.5, 0.6) is 0 Å². The van der Waals surface area contributed by atoms with Crippen molar-refractivity contribution in [3.05, 3.63) is 52.6 Å². The van der Waals surface area contributed by atoms with Crippen LogP contribution in [-0.4, -0.2) is 24.0 Å². The molecule has 25 heavy (non-hydrogen) atoms. The van der Waals surface area contributed by atoms with Gasteiger partial charge in [-0.1, -0.05) is 19.9 Å². The Hall–Kier alpha value is -1.94. The largest absolute Gasteiger partial charge is 0.376 e. The Morgan fingerprint density at radius 1 is 1.40 bits per heavy atom. The Labute approximate surface area is 150 Å². The molecule has 2 aliphatic rings. The van der Waals surface area contributed by atoms with Crippen molar-refractivity contribution in [2.75, 3.05) is 13.2 Å². The maximum Gasteiger partial charge on any atom is 0.161 e. The number of hydrogen-bond acceptors (Lipinski definition) is 4. The lowest BCUT2D eigenvalue weighted by molar-refractivity contribution is -0.116. The van der Waals surface area contributed by atoms with E-state index in [4.69, 9.17) is 4.74 Å². The van der Waals surface area contributed by atoms with Crippen LogP contribution in [0.3, 0.4) is 0 Å². The zero-order valence-electron chi connectivity index (χ0n) is 15.7. The summed E-state index contributed by atoms with van der Waals surface area (Å²) in [6, 6.07) is 4.01. The number of ketones is 1. The molecular weight excluding hydrogens is 312 g/mol. The molecule has 4 nitrogen and oxygen atoms in total. The summed E-state index contributed by atoms with van der Waals surface area (Å²) in [5.74, 6) is 0.235. The summed E-state index contributed by atoms with van der Waals surface area (Å²) in [5.41, 5.74) is 5.43. The first-order valence-electron chi connectivity index (χ1n) is 9.13. The maximum absolute atomic E-state index is 13.0. The van der Waals surface area contributed by atoms with E-state index in [0.717, 1.165) is 40.9 Å². The smallest absolute Gasteiger partial charge is 0.161 e. The first-order valence-corrected chi connectivity index (χ1v) is 9.13. The number of dihydropyridines is 1. The molecule has 1 aliphatic carbocycles. The number of pyridine rings is 1. The van der Waals surface area contributed by atoms with Crippen molar-refractivity contribution in [2.45, 2.75) is 52.9 Å². The van der Waals surface area contributed by atoms with E-state index >= 15 is 0 Å². The quantitative estimate of drug-likeness (QED) is 0.896. The fourth-order valence-electron chi connectivity index (χ4n) is 3.85. The van der Waals surface area contributed by atoms with Crippen molar-refractivity contribution in [3.63, 3.8) is 0 Å². The Balaban J connectivity index is 2.10. The number of hydrogen-bond donors (Lipinski definition) is 1. The van der Waals surface area contributed by atoms with Crippen LogP contribution < -0.4 is 5.32 Å². The molecule has 1 aromatic rings. The van der Waals surface area contributed by atoms with Crippen LogP contribution in [0.4, 0.5) is 0 Å². The maximum atomic E-state index is 13.0. The normalized spacial score (nSPS) is 23.2. The zero-order valence-corrected chi connectivity index (χ0v) is 15.7. The monoisotopic (exact) mass is 340 g/mol. The summed E-state index contributed by atoms with van der Waals surface area (Å²) in [6.45, 7) is 9.80. The SMILES string of the molecule is CCOCC1=C(C)C(c2cccnc2)C2=C(CC(C)(C)CCC2=O)N1. The second-order valence-electron chi connectivity index (χ2n) is 7.80. The number of nitrogens with one attached hydrogen (secondary N) is 1. The first kappa shape index (κ1) is 17.9. The number of allylic oxidation sites excluding steroid dienone is 3. The number of rotatable bonds is 4. The fourth-order valence-corrected chi connectivity index (χ4v) is 3.85. The predicted molar refractivity (Wildman–Crippen MR) is 99.0 cm³/mol. The van der Waals surface area contributed by atoms with Crippen LogP contribution in [0.1, 0.15) is 58.4 Å². The molecule has 4 heteroatoms. The Morgan fingerprint density at radius 3 is 2.88 bits per heavy atom. The van der Waals surface area contributed by atoms with Crippen molar-refractivity contribution < 1.29 is 9.53 Å². The predicted octanol–water partition coefficient (Wildman–Crippen LogP) is 4.11. The van der Waals surface area contributed by atoms with Gasteiger partial charge in [-0.15, -0.1) is 0 Å². The summed E-state index contributed by atoms with van der Waals surface area (Å²) < 4.78 is 5.67. The highest BCUT2D eigenvalue weighted by atomic mass is 16.5. The van der Waals surface area contributed by atoms with Crippen molar-refractivity contribution in [1.82, 2.24) is 10.3 Å². The summed E-state index contributed by atoms with van der Waals surface area (Å²) in [7, 11) is 0. The molecule has 0 amide bonds. The van der Waals surface area contributed by atoms with Crippen molar-refractivity contribution in [2.24, 2.45) is 5.41 Å². The highest BCUT2D eigenvalue weighted by Gasteiger charge is 2.37.